The van der Waals surface area contributed by atoms with E-state index < -0.39 is 5.60 Å². The Morgan fingerprint density at radius 1 is 1.29 bits per heavy atom. The Kier molecular flexibility index (Phi) is 4.95. The second kappa shape index (κ2) is 6.02. The number of hydrogen-bond acceptors (Lipinski definition) is 2. The van der Waals surface area contributed by atoms with Crippen molar-refractivity contribution in [2.24, 2.45) is 0 Å². The molecule has 1 unspecified atom stereocenters. The summed E-state index contributed by atoms with van der Waals surface area (Å²) < 4.78 is 5.20. The molecule has 0 aliphatic rings. The van der Waals surface area contributed by atoms with Crippen LogP contribution in [0.4, 0.5) is 4.79 Å². The van der Waals surface area contributed by atoms with Gasteiger partial charge in [-0.15, -0.1) is 0 Å². The van der Waals surface area contributed by atoms with Crippen molar-refractivity contribution in [2.45, 2.75) is 39.1 Å². The highest BCUT2D eigenvalue weighted by molar-refractivity contribution is 7.47. The van der Waals surface area contributed by atoms with Gasteiger partial charge in [-0.25, -0.2) is 4.79 Å². The number of rotatable bonds is 3. The van der Waals surface area contributed by atoms with Crippen molar-refractivity contribution in [3.8, 4) is 0 Å². The van der Waals surface area contributed by atoms with E-state index in [4.69, 9.17) is 4.74 Å². The highest BCUT2D eigenvalue weighted by Gasteiger charge is 2.17. The smallest absolute Gasteiger partial charge is 0.408 e. The quantitative estimate of drug-likeness (QED) is 0.841. The molecule has 1 N–H and O–H groups in total. The third-order valence-corrected chi connectivity index (χ3v) is 3.13. The summed E-state index contributed by atoms with van der Waals surface area (Å²) in [6, 6.07) is 10.1. The van der Waals surface area contributed by atoms with E-state index in [2.05, 4.69) is 17.4 Å². The Labute approximate surface area is 105 Å². The molecule has 0 bridgehead atoms. The van der Waals surface area contributed by atoms with Gasteiger partial charge in [-0.3, -0.25) is 0 Å². The van der Waals surface area contributed by atoms with Gasteiger partial charge >= 0.3 is 6.09 Å². The maximum Gasteiger partial charge on any atom is 0.408 e. The van der Waals surface area contributed by atoms with Gasteiger partial charge in [-0.2, -0.15) is 0 Å². The lowest BCUT2D eigenvalue weighted by molar-refractivity contribution is 0.0524. The van der Waals surface area contributed by atoms with Crippen LogP contribution in [0.2, 0.25) is 0 Å². The molecule has 0 aliphatic carbocycles. The average Bonchev–Trinajstić information content (AvgIpc) is 2.15. The highest BCUT2D eigenvalue weighted by Crippen LogP contribution is 2.16. The zero-order chi connectivity index (χ0) is 12.9. The molecular formula is C13H20NO2P. The topological polar surface area (TPSA) is 38.3 Å². The summed E-state index contributed by atoms with van der Waals surface area (Å²) >= 11 is 0. The minimum Gasteiger partial charge on any atom is -0.444 e. The summed E-state index contributed by atoms with van der Waals surface area (Å²) in [6.07, 6.45) is -0.353. The molecule has 4 heteroatoms. The van der Waals surface area contributed by atoms with Gasteiger partial charge < -0.3 is 10.1 Å². The first-order valence-electron chi connectivity index (χ1n) is 5.68. The van der Waals surface area contributed by atoms with Gasteiger partial charge in [0, 0.05) is 0 Å². The van der Waals surface area contributed by atoms with E-state index in [0.717, 1.165) is 0 Å². The molecule has 1 aromatic rings. The molecule has 3 nitrogen and oxygen atoms in total. The minimum atomic E-state index is -0.445. The van der Waals surface area contributed by atoms with Gasteiger partial charge in [-0.1, -0.05) is 38.9 Å². The fourth-order valence-corrected chi connectivity index (χ4v) is 2.38. The number of nitrogens with one attached hydrogen (secondary N) is 1. The maximum absolute atomic E-state index is 11.5. The van der Waals surface area contributed by atoms with Gasteiger partial charge in [0.25, 0.3) is 0 Å². The van der Waals surface area contributed by atoms with E-state index in [1.165, 1.54) is 5.30 Å². The maximum atomic E-state index is 11.5. The molecule has 0 saturated heterocycles. The highest BCUT2D eigenvalue weighted by atomic mass is 31.1. The molecule has 0 saturated carbocycles. The molecule has 1 aromatic carbocycles. The molecule has 0 heterocycles. The molecule has 17 heavy (non-hydrogen) atoms. The van der Waals surface area contributed by atoms with Crippen LogP contribution in [0.25, 0.3) is 0 Å². The Hall–Kier alpha value is -1.08. The monoisotopic (exact) mass is 253 g/mol. The van der Waals surface area contributed by atoms with E-state index in [1.54, 1.807) is 0 Å². The van der Waals surface area contributed by atoms with Crippen molar-refractivity contribution >= 4 is 20.0 Å². The largest absolute Gasteiger partial charge is 0.444 e. The molecule has 0 radical (unpaired) electrons. The number of carbonyl (C=O) groups is 1. The molecule has 0 spiro atoms. The molecular weight excluding hydrogens is 233 g/mol. The fourth-order valence-electron chi connectivity index (χ4n) is 1.30. The van der Waals surface area contributed by atoms with Crippen LogP contribution in [0, 0.1) is 0 Å². The third-order valence-electron chi connectivity index (χ3n) is 1.89. The average molecular weight is 253 g/mol. The van der Waals surface area contributed by atoms with Crippen LogP contribution in [-0.2, 0) is 4.74 Å². The summed E-state index contributed by atoms with van der Waals surface area (Å²) in [4.78, 5) is 11.5. The van der Waals surface area contributed by atoms with E-state index in [-0.39, 0.29) is 11.9 Å². The van der Waals surface area contributed by atoms with Crippen molar-refractivity contribution in [3.63, 3.8) is 0 Å². The number of hydrogen-bond donors (Lipinski definition) is 1. The molecule has 1 amide bonds. The first-order valence-corrected chi connectivity index (χ1v) is 6.76. The molecule has 0 aromatic heterocycles. The van der Waals surface area contributed by atoms with Crippen LogP contribution >= 0.6 is 8.58 Å². The molecule has 0 fully saturated rings. The Balaban J connectivity index is 2.40. The summed E-state index contributed by atoms with van der Waals surface area (Å²) in [7, 11) is 0.546. The van der Waals surface area contributed by atoms with Gasteiger partial charge in [-0.05, 0) is 33.0 Å². The number of carbonyl (C=O) groups excluding carboxylic acids is 1. The number of alkyl carbamates (subject to hydrolysis) is 1. The third kappa shape index (κ3) is 6.28. The Morgan fingerprint density at radius 3 is 2.41 bits per heavy atom. The minimum absolute atomic E-state index is 0.0900. The van der Waals surface area contributed by atoms with Gasteiger partial charge in [0.05, 0.1) is 5.78 Å². The van der Waals surface area contributed by atoms with E-state index >= 15 is 0 Å². The van der Waals surface area contributed by atoms with Crippen molar-refractivity contribution in [3.05, 3.63) is 30.3 Å². The van der Waals surface area contributed by atoms with E-state index in [0.29, 0.717) is 8.58 Å². The SMILES string of the molecule is C[C@H](NC(=O)OC(C)(C)C)Pc1ccccc1. The molecule has 1 rings (SSSR count). The van der Waals surface area contributed by atoms with E-state index in [1.807, 2.05) is 45.9 Å². The lowest BCUT2D eigenvalue weighted by Crippen LogP contribution is -2.36. The van der Waals surface area contributed by atoms with Gasteiger partial charge in [0.15, 0.2) is 0 Å². The summed E-state index contributed by atoms with van der Waals surface area (Å²) in [5.41, 5.74) is -0.445. The fraction of sp³-hybridized carbons (Fsp3) is 0.462. The second-order valence-corrected chi connectivity index (χ2v) is 6.61. The molecule has 2 atom stereocenters. The zero-order valence-electron chi connectivity index (χ0n) is 10.8. The standard InChI is InChI=1S/C13H20NO2P/c1-10(14-12(15)16-13(2,3)4)17-11-8-6-5-7-9-11/h5-10,17H,1-4H3,(H,14,15)/t10-/m1/s1. The lowest BCUT2D eigenvalue weighted by Gasteiger charge is -2.22. The summed E-state index contributed by atoms with van der Waals surface area (Å²) in [6.45, 7) is 7.56. The summed E-state index contributed by atoms with van der Waals surface area (Å²) in [5, 5.41) is 4.07. The molecule has 94 valence electrons. The lowest BCUT2D eigenvalue weighted by atomic mass is 10.2. The predicted molar refractivity (Wildman–Crippen MR) is 73.2 cm³/mol. The van der Waals surface area contributed by atoms with Crippen LogP contribution in [0.15, 0.2) is 30.3 Å². The zero-order valence-corrected chi connectivity index (χ0v) is 11.8. The number of amides is 1. The predicted octanol–water partition coefficient (Wildman–Crippen LogP) is 2.86. The summed E-state index contributed by atoms with van der Waals surface area (Å²) in [5.74, 6) is 0.0900. The number of ether oxygens (including phenoxy) is 1. The van der Waals surface area contributed by atoms with Crippen molar-refractivity contribution < 1.29 is 9.53 Å². The molecule has 0 aliphatic heterocycles. The Bertz CT molecular complexity index is 359. The Morgan fingerprint density at radius 2 is 1.88 bits per heavy atom. The van der Waals surface area contributed by atoms with Crippen molar-refractivity contribution in [2.75, 3.05) is 0 Å². The van der Waals surface area contributed by atoms with Gasteiger partial charge in [0.1, 0.15) is 5.60 Å². The van der Waals surface area contributed by atoms with Crippen LogP contribution in [0.3, 0.4) is 0 Å². The normalized spacial score (nSPS) is 13.6. The van der Waals surface area contributed by atoms with E-state index in [9.17, 15) is 4.79 Å². The van der Waals surface area contributed by atoms with Crippen LogP contribution in [0.5, 0.6) is 0 Å². The first kappa shape index (κ1) is 14.0. The van der Waals surface area contributed by atoms with Crippen molar-refractivity contribution in [1.82, 2.24) is 5.32 Å². The van der Waals surface area contributed by atoms with Crippen molar-refractivity contribution in [1.29, 1.82) is 0 Å². The van der Waals surface area contributed by atoms with Gasteiger partial charge in [0.2, 0.25) is 0 Å². The second-order valence-electron chi connectivity index (χ2n) is 4.88. The number of benzene rings is 1. The first-order chi connectivity index (χ1) is 7.87. The van der Waals surface area contributed by atoms with Crippen LogP contribution in [-0.4, -0.2) is 17.5 Å². The van der Waals surface area contributed by atoms with Crippen LogP contribution in [0.1, 0.15) is 27.7 Å². The van der Waals surface area contributed by atoms with Crippen LogP contribution < -0.4 is 10.6 Å².